The number of hydrogen-bond acceptors (Lipinski definition) is 3. The number of carbonyl (C=O) groups is 2. The molecule has 2 rings (SSSR count). The topological polar surface area (TPSA) is 82.3 Å². The Morgan fingerprint density at radius 2 is 1.96 bits per heavy atom. The molecule has 0 spiro atoms. The molecule has 3 amide bonds. The van der Waals surface area contributed by atoms with Crippen LogP contribution in [0.1, 0.15) is 18.9 Å². The molecule has 0 bridgehead atoms. The van der Waals surface area contributed by atoms with Crippen LogP contribution in [0.25, 0.3) is 0 Å². The minimum atomic E-state index is -0.367. The summed E-state index contributed by atoms with van der Waals surface area (Å²) in [5.74, 6) is 0.233. The van der Waals surface area contributed by atoms with Crippen molar-refractivity contribution in [3.05, 3.63) is 34.9 Å². The fraction of sp³-hybridized carbons (Fsp3) is 0.500. The lowest BCUT2D eigenvalue weighted by atomic mass is 9.95. The largest absolute Gasteiger partial charge is 0.351 e. The first kappa shape index (κ1) is 20.5. The van der Waals surface area contributed by atoms with Crippen molar-refractivity contribution < 1.29 is 9.59 Å². The zero-order valence-electron chi connectivity index (χ0n) is 13.6. The van der Waals surface area contributed by atoms with Crippen molar-refractivity contribution in [1.82, 2.24) is 21.3 Å². The van der Waals surface area contributed by atoms with Crippen molar-refractivity contribution in [1.29, 1.82) is 0 Å². The lowest BCUT2D eigenvalue weighted by molar-refractivity contribution is -0.121. The van der Waals surface area contributed by atoms with Gasteiger partial charge in [0.25, 0.3) is 0 Å². The quantitative estimate of drug-likeness (QED) is 0.632. The third-order valence-electron chi connectivity index (χ3n) is 3.91. The number of halogens is 2. The Hall–Kier alpha value is -1.50. The normalized spacial score (nSPS) is 19.8. The van der Waals surface area contributed by atoms with Gasteiger partial charge in [-0.25, -0.2) is 4.79 Å². The van der Waals surface area contributed by atoms with Crippen LogP contribution in [0.5, 0.6) is 0 Å². The summed E-state index contributed by atoms with van der Waals surface area (Å²) in [5, 5.41) is 12.2. The van der Waals surface area contributed by atoms with Gasteiger partial charge in [0.05, 0.1) is 6.54 Å². The predicted molar refractivity (Wildman–Crippen MR) is 97.5 cm³/mol. The molecule has 0 aliphatic carbocycles. The number of piperidine rings is 1. The number of hydrogen-bond donors (Lipinski definition) is 4. The number of benzene rings is 1. The molecular formula is C16H24Cl2N4O2. The predicted octanol–water partition coefficient (Wildman–Crippen LogP) is 1.68. The maximum Gasteiger partial charge on any atom is 0.315 e. The van der Waals surface area contributed by atoms with Crippen LogP contribution in [0.15, 0.2) is 24.3 Å². The standard InChI is InChI=1S/C16H23ClN4O2.ClH/c1-11-8-18-7-6-14(11)21-15(22)10-20-16(23)19-9-12-2-4-13(17)5-3-12;/h2-5,11,14,18H,6-10H2,1H3,(H,21,22)(H2,19,20,23);1H. The average molecular weight is 375 g/mol. The molecule has 1 aromatic rings. The zero-order chi connectivity index (χ0) is 16.7. The Morgan fingerprint density at radius 3 is 2.62 bits per heavy atom. The highest BCUT2D eigenvalue weighted by Crippen LogP contribution is 2.10. The van der Waals surface area contributed by atoms with Crippen LogP contribution in [0.3, 0.4) is 0 Å². The number of rotatable bonds is 5. The molecule has 134 valence electrons. The van der Waals surface area contributed by atoms with E-state index in [4.69, 9.17) is 11.6 Å². The van der Waals surface area contributed by atoms with Gasteiger partial charge in [-0.15, -0.1) is 12.4 Å². The van der Waals surface area contributed by atoms with Gasteiger partial charge in [0.15, 0.2) is 0 Å². The highest BCUT2D eigenvalue weighted by Gasteiger charge is 2.22. The number of carbonyl (C=O) groups excluding carboxylic acids is 2. The molecule has 1 aromatic carbocycles. The van der Waals surface area contributed by atoms with Gasteiger partial charge in [-0.05, 0) is 43.1 Å². The first-order valence-electron chi connectivity index (χ1n) is 7.81. The van der Waals surface area contributed by atoms with Gasteiger partial charge in [0, 0.05) is 17.6 Å². The van der Waals surface area contributed by atoms with Crippen LogP contribution >= 0.6 is 24.0 Å². The van der Waals surface area contributed by atoms with Gasteiger partial charge >= 0.3 is 6.03 Å². The molecule has 2 unspecified atom stereocenters. The van der Waals surface area contributed by atoms with E-state index < -0.39 is 0 Å². The van der Waals surface area contributed by atoms with Crippen LogP contribution < -0.4 is 21.3 Å². The monoisotopic (exact) mass is 374 g/mol. The van der Waals surface area contributed by atoms with E-state index in [1.165, 1.54) is 0 Å². The van der Waals surface area contributed by atoms with E-state index in [9.17, 15) is 9.59 Å². The second-order valence-corrected chi connectivity index (χ2v) is 6.24. The highest BCUT2D eigenvalue weighted by atomic mass is 35.5. The van der Waals surface area contributed by atoms with E-state index >= 15 is 0 Å². The molecular weight excluding hydrogens is 351 g/mol. The molecule has 0 saturated carbocycles. The molecule has 1 aliphatic heterocycles. The SMILES string of the molecule is CC1CNCCC1NC(=O)CNC(=O)NCc1ccc(Cl)cc1.Cl. The van der Waals surface area contributed by atoms with E-state index in [-0.39, 0.29) is 36.9 Å². The van der Waals surface area contributed by atoms with E-state index in [1.54, 1.807) is 12.1 Å². The third-order valence-corrected chi connectivity index (χ3v) is 4.16. The van der Waals surface area contributed by atoms with Crippen molar-refractivity contribution in [2.45, 2.75) is 25.9 Å². The highest BCUT2D eigenvalue weighted by molar-refractivity contribution is 6.30. The van der Waals surface area contributed by atoms with Crippen LogP contribution in [0.2, 0.25) is 5.02 Å². The minimum absolute atomic E-state index is 0. The summed E-state index contributed by atoms with van der Waals surface area (Å²) in [6, 6.07) is 7.02. The molecule has 6 nitrogen and oxygen atoms in total. The van der Waals surface area contributed by atoms with Gasteiger partial charge in [0.2, 0.25) is 5.91 Å². The molecule has 0 aromatic heterocycles. The van der Waals surface area contributed by atoms with Crippen molar-refractivity contribution in [3.63, 3.8) is 0 Å². The van der Waals surface area contributed by atoms with Crippen molar-refractivity contribution in [3.8, 4) is 0 Å². The van der Waals surface area contributed by atoms with Gasteiger partial charge in [-0.3, -0.25) is 4.79 Å². The van der Waals surface area contributed by atoms with Gasteiger partial charge in [0.1, 0.15) is 0 Å². The average Bonchev–Trinajstić information content (AvgIpc) is 2.54. The fourth-order valence-corrected chi connectivity index (χ4v) is 2.62. The van der Waals surface area contributed by atoms with Crippen LogP contribution in [-0.2, 0) is 11.3 Å². The second-order valence-electron chi connectivity index (χ2n) is 5.81. The van der Waals surface area contributed by atoms with Gasteiger partial charge in [-0.2, -0.15) is 0 Å². The summed E-state index contributed by atoms with van der Waals surface area (Å²) in [5.41, 5.74) is 0.942. The summed E-state index contributed by atoms with van der Waals surface area (Å²) in [6.07, 6.45) is 0.912. The van der Waals surface area contributed by atoms with Gasteiger partial charge in [-0.1, -0.05) is 30.7 Å². The molecule has 1 aliphatic rings. The first-order chi connectivity index (χ1) is 11.0. The molecule has 1 fully saturated rings. The van der Waals surface area contributed by atoms with E-state index in [0.29, 0.717) is 17.5 Å². The Kier molecular flexibility index (Phi) is 8.89. The second kappa shape index (κ2) is 10.4. The molecule has 1 heterocycles. The Morgan fingerprint density at radius 1 is 1.25 bits per heavy atom. The van der Waals surface area contributed by atoms with Crippen molar-refractivity contribution in [2.24, 2.45) is 5.92 Å². The molecule has 1 saturated heterocycles. The van der Waals surface area contributed by atoms with E-state index in [2.05, 4.69) is 28.2 Å². The summed E-state index contributed by atoms with van der Waals surface area (Å²) in [7, 11) is 0. The lowest BCUT2D eigenvalue weighted by Crippen LogP contribution is -2.51. The maximum absolute atomic E-state index is 11.9. The smallest absolute Gasteiger partial charge is 0.315 e. The third kappa shape index (κ3) is 6.95. The molecule has 8 heteroatoms. The number of nitrogens with one attached hydrogen (secondary N) is 4. The number of amides is 3. The summed E-state index contributed by atoms with van der Waals surface area (Å²) in [4.78, 5) is 23.6. The maximum atomic E-state index is 11.9. The Bertz CT molecular complexity index is 539. The number of urea groups is 1. The molecule has 24 heavy (non-hydrogen) atoms. The summed E-state index contributed by atoms with van der Waals surface area (Å²) in [6.45, 7) is 4.27. The van der Waals surface area contributed by atoms with Crippen LogP contribution in [-0.4, -0.2) is 37.6 Å². The van der Waals surface area contributed by atoms with Gasteiger partial charge < -0.3 is 21.3 Å². The van der Waals surface area contributed by atoms with E-state index in [0.717, 1.165) is 25.1 Å². The molecule has 4 N–H and O–H groups in total. The molecule has 2 atom stereocenters. The summed E-state index contributed by atoms with van der Waals surface area (Å²) >= 11 is 5.80. The Labute approximate surface area is 153 Å². The minimum Gasteiger partial charge on any atom is -0.351 e. The van der Waals surface area contributed by atoms with Crippen molar-refractivity contribution in [2.75, 3.05) is 19.6 Å². The lowest BCUT2D eigenvalue weighted by Gasteiger charge is -2.30. The summed E-state index contributed by atoms with van der Waals surface area (Å²) < 4.78 is 0. The first-order valence-corrected chi connectivity index (χ1v) is 8.18. The van der Waals surface area contributed by atoms with Crippen molar-refractivity contribution >= 4 is 35.9 Å². The zero-order valence-corrected chi connectivity index (χ0v) is 15.2. The van der Waals surface area contributed by atoms with Crippen LogP contribution in [0, 0.1) is 5.92 Å². The fourth-order valence-electron chi connectivity index (χ4n) is 2.49. The van der Waals surface area contributed by atoms with Crippen LogP contribution in [0.4, 0.5) is 4.79 Å². The Balaban J connectivity index is 0.00000288. The molecule has 0 radical (unpaired) electrons. The van der Waals surface area contributed by atoms with E-state index in [1.807, 2.05) is 12.1 Å².